The van der Waals surface area contributed by atoms with Crippen molar-refractivity contribution in [1.29, 1.82) is 0 Å². The largest absolute Gasteiger partial charge is 0.353 e. The molecule has 114 valence electrons. The molecule has 1 aliphatic heterocycles. The number of rotatable bonds is 5. The Kier molecular flexibility index (Phi) is 4.68. The first-order valence-electron chi connectivity index (χ1n) is 7.82. The first-order valence-corrected chi connectivity index (χ1v) is 7.82. The van der Waals surface area contributed by atoms with Crippen molar-refractivity contribution in [2.45, 2.75) is 64.0 Å². The molecule has 2 fully saturated rings. The summed E-state index contributed by atoms with van der Waals surface area (Å²) < 4.78 is 0. The number of amides is 2. The molecule has 5 heteroatoms. The predicted octanol–water partition coefficient (Wildman–Crippen LogP) is 1.02. The number of nitrogens with two attached hydrogens (primary N) is 1. The number of likely N-dealkylation sites (tertiary alicyclic amines) is 1. The van der Waals surface area contributed by atoms with Gasteiger partial charge in [0.25, 0.3) is 0 Å². The molecule has 3 N–H and O–H groups in total. The van der Waals surface area contributed by atoms with Gasteiger partial charge < -0.3 is 16.0 Å². The van der Waals surface area contributed by atoms with Gasteiger partial charge in [-0.05, 0) is 44.9 Å². The van der Waals surface area contributed by atoms with E-state index in [0.717, 1.165) is 32.1 Å². The van der Waals surface area contributed by atoms with E-state index in [1.807, 2.05) is 18.7 Å². The summed E-state index contributed by atoms with van der Waals surface area (Å²) in [5.41, 5.74) is 5.49. The molecule has 20 heavy (non-hydrogen) atoms. The van der Waals surface area contributed by atoms with Crippen LogP contribution in [-0.2, 0) is 9.59 Å². The summed E-state index contributed by atoms with van der Waals surface area (Å²) in [5.74, 6) is 0.564. The van der Waals surface area contributed by atoms with Crippen molar-refractivity contribution in [2.75, 3.05) is 13.1 Å². The molecule has 1 unspecified atom stereocenters. The first kappa shape index (κ1) is 15.3. The summed E-state index contributed by atoms with van der Waals surface area (Å²) in [7, 11) is 0. The van der Waals surface area contributed by atoms with E-state index in [-0.39, 0.29) is 17.9 Å². The smallest absolute Gasteiger partial charge is 0.242 e. The predicted molar refractivity (Wildman–Crippen MR) is 78.0 cm³/mol. The molecular formula is C15H27N3O2. The Morgan fingerprint density at radius 3 is 2.35 bits per heavy atom. The average Bonchev–Trinajstić information content (AvgIpc) is 3.23. The van der Waals surface area contributed by atoms with Gasteiger partial charge in [0.15, 0.2) is 0 Å². The average molecular weight is 281 g/mol. The van der Waals surface area contributed by atoms with Gasteiger partial charge in [0, 0.05) is 25.6 Å². The van der Waals surface area contributed by atoms with Crippen molar-refractivity contribution in [3.63, 3.8) is 0 Å². The number of carbonyl (C=O) groups is 2. The highest BCUT2D eigenvalue weighted by molar-refractivity contribution is 5.86. The molecule has 2 rings (SSSR count). The molecule has 2 amide bonds. The molecule has 0 aromatic rings. The van der Waals surface area contributed by atoms with Crippen LogP contribution >= 0.6 is 0 Å². The Labute approximate surface area is 121 Å². The SMILES string of the molecule is CCCC(=O)NC1CCN(C(=O)C(C)(N)C2CC2)CC1. The lowest BCUT2D eigenvalue weighted by molar-refractivity contribution is -0.138. The van der Waals surface area contributed by atoms with E-state index in [9.17, 15) is 9.59 Å². The third-order valence-corrected chi connectivity index (χ3v) is 4.51. The summed E-state index contributed by atoms with van der Waals surface area (Å²) in [4.78, 5) is 25.9. The third kappa shape index (κ3) is 3.51. The molecule has 5 nitrogen and oxygen atoms in total. The number of nitrogens with zero attached hydrogens (tertiary/aromatic N) is 1. The van der Waals surface area contributed by atoms with Gasteiger partial charge in [0.05, 0.1) is 5.54 Å². The Morgan fingerprint density at radius 1 is 1.25 bits per heavy atom. The van der Waals surface area contributed by atoms with Gasteiger partial charge >= 0.3 is 0 Å². The van der Waals surface area contributed by atoms with Crippen molar-refractivity contribution in [1.82, 2.24) is 10.2 Å². The van der Waals surface area contributed by atoms with Gasteiger partial charge in [0.2, 0.25) is 11.8 Å². The lowest BCUT2D eigenvalue weighted by atomic mass is 9.93. The summed E-state index contributed by atoms with van der Waals surface area (Å²) in [6, 6.07) is 0.211. The number of nitrogens with one attached hydrogen (secondary N) is 1. The van der Waals surface area contributed by atoms with Crippen LogP contribution in [-0.4, -0.2) is 41.4 Å². The van der Waals surface area contributed by atoms with Gasteiger partial charge in [0.1, 0.15) is 0 Å². The van der Waals surface area contributed by atoms with Gasteiger partial charge in [-0.25, -0.2) is 0 Å². The fourth-order valence-corrected chi connectivity index (χ4v) is 2.95. The topological polar surface area (TPSA) is 75.4 Å². The summed E-state index contributed by atoms with van der Waals surface area (Å²) in [6.07, 6.45) is 5.27. The first-order chi connectivity index (χ1) is 9.45. The van der Waals surface area contributed by atoms with Crippen molar-refractivity contribution < 1.29 is 9.59 Å². The molecule has 0 spiro atoms. The third-order valence-electron chi connectivity index (χ3n) is 4.51. The zero-order valence-electron chi connectivity index (χ0n) is 12.7. The summed E-state index contributed by atoms with van der Waals surface area (Å²) in [5, 5.41) is 3.04. The van der Waals surface area contributed by atoms with Crippen LogP contribution in [0.1, 0.15) is 52.4 Å². The molecule has 1 aliphatic carbocycles. The van der Waals surface area contributed by atoms with Crippen molar-refractivity contribution >= 4 is 11.8 Å². The molecule has 0 aromatic carbocycles. The second kappa shape index (κ2) is 6.12. The van der Waals surface area contributed by atoms with E-state index in [0.29, 0.717) is 25.4 Å². The van der Waals surface area contributed by atoms with Crippen molar-refractivity contribution in [2.24, 2.45) is 11.7 Å². The molecule has 1 heterocycles. The maximum absolute atomic E-state index is 12.4. The van der Waals surface area contributed by atoms with Crippen LogP contribution in [0.5, 0.6) is 0 Å². The molecule has 1 saturated heterocycles. The molecule has 0 bridgehead atoms. The molecular weight excluding hydrogens is 254 g/mol. The second-order valence-corrected chi connectivity index (χ2v) is 6.44. The standard InChI is InChI=1S/C15H27N3O2/c1-3-4-13(19)17-12-7-9-18(10-8-12)14(20)15(2,16)11-5-6-11/h11-12H,3-10,16H2,1-2H3,(H,17,19). The highest BCUT2D eigenvalue weighted by atomic mass is 16.2. The highest BCUT2D eigenvalue weighted by Gasteiger charge is 2.46. The monoisotopic (exact) mass is 281 g/mol. The van der Waals surface area contributed by atoms with Gasteiger partial charge in [-0.1, -0.05) is 6.92 Å². The van der Waals surface area contributed by atoms with Crippen LogP contribution in [0.15, 0.2) is 0 Å². The number of hydrogen-bond acceptors (Lipinski definition) is 3. The van der Waals surface area contributed by atoms with Crippen LogP contribution in [0, 0.1) is 5.92 Å². The molecule has 1 saturated carbocycles. The Bertz CT molecular complexity index is 369. The van der Waals surface area contributed by atoms with E-state index in [2.05, 4.69) is 5.32 Å². The minimum Gasteiger partial charge on any atom is -0.353 e. The normalized spacial score (nSPS) is 23.2. The Morgan fingerprint density at radius 2 is 1.85 bits per heavy atom. The van der Waals surface area contributed by atoms with Crippen molar-refractivity contribution in [3.05, 3.63) is 0 Å². The van der Waals surface area contributed by atoms with Gasteiger partial charge in [-0.2, -0.15) is 0 Å². The number of hydrogen-bond donors (Lipinski definition) is 2. The zero-order chi connectivity index (χ0) is 14.8. The maximum atomic E-state index is 12.4. The van der Waals surface area contributed by atoms with Crippen LogP contribution in [0.3, 0.4) is 0 Å². The van der Waals surface area contributed by atoms with Crippen LogP contribution in [0.4, 0.5) is 0 Å². The fourth-order valence-electron chi connectivity index (χ4n) is 2.95. The molecule has 2 aliphatic rings. The van der Waals surface area contributed by atoms with Crippen LogP contribution < -0.4 is 11.1 Å². The summed E-state index contributed by atoms with van der Waals surface area (Å²) >= 11 is 0. The molecule has 0 radical (unpaired) electrons. The highest BCUT2D eigenvalue weighted by Crippen LogP contribution is 2.39. The van der Waals surface area contributed by atoms with Crippen LogP contribution in [0.25, 0.3) is 0 Å². The van der Waals surface area contributed by atoms with E-state index in [1.165, 1.54) is 0 Å². The Hall–Kier alpha value is -1.10. The van der Waals surface area contributed by atoms with E-state index in [1.54, 1.807) is 0 Å². The molecule has 0 aromatic heterocycles. The van der Waals surface area contributed by atoms with Crippen LogP contribution in [0.2, 0.25) is 0 Å². The molecule has 1 atom stereocenters. The quantitative estimate of drug-likeness (QED) is 0.790. The maximum Gasteiger partial charge on any atom is 0.242 e. The van der Waals surface area contributed by atoms with E-state index >= 15 is 0 Å². The van der Waals surface area contributed by atoms with E-state index < -0.39 is 5.54 Å². The lowest BCUT2D eigenvalue weighted by Crippen LogP contribution is -2.57. The minimum atomic E-state index is -0.696. The second-order valence-electron chi connectivity index (χ2n) is 6.44. The Balaban J connectivity index is 1.79. The zero-order valence-corrected chi connectivity index (χ0v) is 12.7. The van der Waals surface area contributed by atoms with Gasteiger partial charge in [-0.3, -0.25) is 9.59 Å². The van der Waals surface area contributed by atoms with Gasteiger partial charge in [-0.15, -0.1) is 0 Å². The fraction of sp³-hybridized carbons (Fsp3) is 0.867. The number of carbonyl (C=O) groups excluding carboxylic acids is 2. The summed E-state index contributed by atoms with van der Waals surface area (Å²) in [6.45, 7) is 5.27. The number of piperidine rings is 1. The minimum absolute atomic E-state index is 0.0818. The lowest BCUT2D eigenvalue weighted by Gasteiger charge is -2.37. The van der Waals surface area contributed by atoms with E-state index in [4.69, 9.17) is 5.73 Å². The van der Waals surface area contributed by atoms with Crippen molar-refractivity contribution in [3.8, 4) is 0 Å².